The Morgan fingerprint density at radius 2 is 1.00 bits per heavy atom. The van der Waals surface area contributed by atoms with E-state index in [1.807, 2.05) is 27.7 Å². The monoisotopic (exact) mass is 364 g/mol. The number of anilines is 2. The largest absolute Gasteiger partial charge is 0.371 e. The van der Waals surface area contributed by atoms with Gasteiger partial charge in [0.05, 0.1) is 0 Å². The lowest BCUT2D eigenvalue weighted by Crippen LogP contribution is -2.37. The third-order valence-electron chi connectivity index (χ3n) is 6.09. The summed E-state index contributed by atoms with van der Waals surface area (Å²) in [5.41, 5.74) is 8.77. The molecule has 0 unspecified atom stereocenters. The summed E-state index contributed by atoms with van der Waals surface area (Å²) in [6.07, 6.45) is 2.67. The van der Waals surface area contributed by atoms with Crippen molar-refractivity contribution in [3.05, 3.63) is 47.5 Å². The molecule has 0 spiro atoms. The first-order valence-corrected chi connectivity index (χ1v) is 10.9. The molecule has 2 saturated heterocycles. The Labute approximate surface area is 166 Å². The predicted molar refractivity (Wildman–Crippen MR) is 120 cm³/mol. The van der Waals surface area contributed by atoms with Gasteiger partial charge in [-0.1, -0.05) is 53.7 Å². The van der Waals surface area contributed by atoms with E-state index < -0.39 is 0 Å². The molecule has 0 aromatic heterocycles. The maximum Gasteiger partial charge on any atom is 0.0369 e. The maximum atomic E-state index is 2.49. The third-order valence-corrected chi connectivity index (χ3v) is 6.09. The highest BCUT2D eigenvalue weighted by molar-refractivity contribution is 5.84. The second-order valence-electron chi connectivity index (χ2n) is 7.77. The second-order valence-corrected chi connectivity index (χ2v) is 7.77. The van der Waals surface area contributed by atoms with E-state index >= 15 is 0 Å². The van der Waals surface area contributed by atoms with Crippen molar-refractivity contribution >= 4 is 11.4 Å². The molecular weight excluding hydrogens is 328 g/mol. The molecule has 1 aliphatic carbocycles. The first-order valence-electron chi connectivity index (χ1n) is 10.9. The van der Waals surface area contributed by atoms with Crippen LogP contribution in [0.1, 0.15) is 65.5 Å². The van der Waals surface area contributed by atoms with Gasteiger partial charge in [-0.25, -0.2) is 0 Å². The van der Waals surface area contributed by atoms with Gasteiger partial charge >= 0.3 is 0 Å². The van der Waals surface area contributed by atoms with Gasteiger partial charge in [-0.3, -0.25) is 0 Å². The summed E-state index contributed by atoms with van der Waals surface area (Å²) in [5, 5.41) is 0. The van der Waals surface area contributed by atoms with Crippen LogP contribution in [0, 0.1) is 0 Å². The zero-order chi connectivity index (χ0) is 19.6. The number of rotatable bonds is 2. The van der Waals surface area contributed by atoms with Crippen molar-refractivity contribution in [2.75, 3.05) is 36.0 Å². The van der Waals surface area contributed by atoms with Gasteiger partial charge in [0, 0.05) is 43.0 Å². The molecule has 0 N–H and O–H groups in total. The average molecular weight is 365 g/mol. The Kier molecular flexibility index (Phi) is 5.83. The summed E-state index contributed by atoms with van der Waals surface area (Å²) >= 11 is 0. The first kappa shape index (κ1) is 19.8. The van der Waals surface area contributed by atoms with Crippen LogP contribution < -0.4 is 9.80 Å². The van der Waals surface area contributed by atoms with Crippen molar-refractivity contribution in [1.82, 2.24) is 0 Å². The SMILES string of the molecule is CC.CC.CC1(C)c2cc(N3CCC3)ccc2-c2ccc(N3CCC3)cc21. The highest BCUT2D eigenvalue weighted by Crippen LogP contribution is 2.50. The topological polar surface area (TPSA) is 6.48 Å². The van der Waals surface area contributed by atoms with E-state index in [9.17, 15) is 0 Å². The lowest BCUT2D eigenvalue weighted by atomic mass is 9.82. The molecule has 146 valence electrons. The lowest BCUT2D eigenvalue weighted by Gasteiger charge is -2.35. The molecule has 3 aliphatic rings. The van der Waals surface area contributed by atoms with E-state index in [-0.39, 0.29) is 5.41 Å². The molecule has 0 saturated carbocycles. The van der Waals surface area contributed by atoms with Crippen molar-refractivity contribution < 1.29 is 0 Å². The van der Waals surface area contributed by atoms with E-state index in [1.165, 1.54) is 72.6 Å². The van der Waals surface area contributed by atoms with E-state index in [4.69, 9.17) is 0 Å². The summed E-state index contributed by atoms with van der Waals surface area (Å²) in [5.74, 6) is 0. The van der Waals surface area contributed by atoms with Crippen LogP contribution in [0.25, 0.3) is 11.1 Å². The minimum Gasteiger partial charge on any atom is -0.371 e. The molecule has 0 amide bonds. The smallest absolute Gasteiger partial charge is 0.0369 e. The van der Waals surface area contributed by atoms with Crippen LogP contribution in [0.3, 0.4) is 0 Å². The molecule has 2 aromatic carbocycles. The highest BCUT2D eigenvalue weighted by Gasteiger charge is 2.36. The molecule has 27 heavy (non-hydrogen) atoms. The van der Waals surface area contributed by atoms with Gasteiger partial charge in [-0.2, -0.15) is 0 Å². The van der Waals surface area contributed by atoms with Gasteiger partial charge in [0.15, 0.2) is 0 Å². The van der Waals surface area contributed by atoms with Gasteiger partial charge in [0.2, 0.25) is 0 Å². The minimum absolute atomic E-state index is 0.104. The van der Waals surface area contributed by atoms with Crippen LogP contribution in [0.4, 0.5) is 11.4 Å². The summed E-state index contributed by atoms with van der Waals surface area (Å²) in [4.78, 5) is 4.98. The highest BCUT2D eigenvalue weighted by atomic mass is 15.2. The molecule has 2 heteroatoms. The molecule has 2 aromatic rings. The van der Waals surface area contributed by atoms with E-state index in [2.05, 4.69) is 60.0 Å². The van der Waals surface area contributed by atoms with Crippen LogP contribution in [-0.2, 0) is 5.41 Å². The van der Waals surface area contributed by atoms with Crippen LogP contribution in [-0.4, -0.2) is 26.2 Å². The lowest BCUT2D eigenvalue weighted by molar-refractivity contribution is 0.611. The van der Waals surface area contributed by atoms with E-state index in [0.717, 1.165) is 0 Å². The average Bonchev–Trinajstić information content (AvgIpc) is 2.83. The zero-order valence-electron chi connectivity index (χ0n) is 18.1. The van der Waals surface area contributed by atoms with Crippen molar-refractivity contribution in [3.63, 3.8) is 0 Å². The van der Waals surface area contributed by atoms with E-state index in [1.54, 1.807) is 0 Å². The Morgan fingerprint density at radius 1 is 0.630 bits per heavy atom. The predicted octanol–water partition coefficient (Wildman–Crippen LogP) is 6.47. The molecule has 2 nitrogen and oxygen atoms in total. The number of benzene rings is 2. The molecule has 0 bridgehead atoms. The Hall–Kier alpha value is -1.96. The van der Waals surface area contributed by atoms with Crippen molar-refractivity contribution in [2.24, 2.45) is 0 Å². The normalized spacial score (nSPS) is 18.0. The summed E-state index contributed by atoms with van der Waals surface area (Å²) in [6, 6.07) is 14.2. The number of nitrogens with zero attached hydrogens (tertiary/aromatic N) is 2. The first-order chi connectivity index (χ1) is 13.1. The van der Waals surface area contributed by atoms with Crippen molar-refractivity contribution in [1.29, 1.82) is 0 Å². The third kappa shape index (κ3) is 3.24. The number of fused-ring (bicyclic) bond motifs is 3. The fourth-order valence-corrected chi connectivity index (χ4v) is 4.26. The minimum atomic E-state index is 0.104. The molecule has 5 rings (SSSR count). The molecule has 2 heterocycles. The molecule has 0 atom stereocenters. The second kappa shape index (κ2) is 7.96. The number of hydrogen-bond acceptors (Lipinski definition) is 2. The summed E-state index contributed by atoms with van der Waals surface area (Å²) in [6.45, 7) is 17.6. The molecule has 2 aliphatic heterocycles. The Morgan fingerprint density at radius 3 is 1.30 bits per heavy atom. The Bertz CT molecular complexity index is 717. The van der Waals surface area contributed by atoms with Gasteiger partial charge in [-0.05, 0) is 59.4 Å². The van der Waals surface area contributed by atoms with Crippen LogP contribution in [0.2, 0.25) is 0 Å². The van der Waals surface area contributed by atoms with Gasteiger partial charge in [0.25, 0.3) is 0 Å². The quantitative estimate of drug-likeness (QED) is 0.603. The molecule has 2 fully saturated rings. The molecular formula is C25H36N2. The fraction of sp³-hybridized carbons (Fsp3) is 0.520. The Balaban J connectivity index is 0.000000495. The van der Waals surface area contributed by atoms with Gasteiger partial charge < -0.3 is 9.80 Å². The maximum absolute atomic E-state index is 2.49. The van der Waals surface area contributed by atoms with E-state index in [0.29, 0.717) is 0 Å². The molecule has 0 radical (unpaired) electrons. The zero-order valence-corrected chi connectivity index (χ0v) is 18.1. The standard InChI is InChI=1S/C21H24N2.2C2H6/c1-21(2)19-13-15(22-9-3-10-22)5-7-17(19)18-8-6-16(14-20(18)21)23-11-4-12-23;2*1-2/h5-8,13-14H,3-4,9-12H2,1-2H3;2*1-2H3. The van der Waals surface area contributed by atoms with Gasteiger partial charge in [-0.15, -0.1) is 0 Å². The van der Waals surface area contributed by atoms with Crippen LogP contribution >= 0.6 is 0 Å². The summed E-state index contributed by atoms with van der Waals surface area (Å²) < 4.78 is 0. The van der Waals surface area contributed by atoms with Crippen LogP contribution in [0.15, 0.2) is 36.4 Å². The van der Waals surface area contributed by atoms with Gasteiger partial charge in [0.1, 0.15) is 0 Å². The fourth-order valence-electron chi connectivity index (χ4n) is 4.26. The number of hydrogen-bond donors (Lipinski definition) is 0. The summed E-state index contributed by atoms with van der Waals surface area (Å²) in [7, 11) is 0. The van der Waals surface area contributed by atoms with Crippen molar-refractivity contribution in [3.8, 4) is 11.1 Å². The van der Waals surface area contributed by atoms with Crippen molar-refractivity contribution in [2.45, 2.75) is 59.8 Å². The van der Waals surface area contributed by atoms with Crippen LogP contribution in [0.5, 0.6) is 0 Å².